The number of hydroxylamine groups is 1. The minimum absolute atomic E-state index is 0.315. The molecule has 16 heavy (non-hydrogen) atoms. The highest BCUT2D eigenvalue weighted by atomic mass is 19.4. The van der Waals surface area contributed by atoms with Crippen LogP contribution in [-0.2, 0) is 15.8 Å². The van der Waals surface area contributed by atoms with E-state index in [0.717, 1.165) is 20.1 Å². The summed E-state index contributed by atoms with van der Waals surface area (Å²) in [5.74, 6) is -0.626. The van der Waals surface area contributed by atoms with Crippen molar-refractivity contribution in [1.29, 1.82) is 0 Å². The van der Waals surface area contributed by atoms with E-state index >= 15 is 0 Å². The van der Waals surface area contributed by atoms with Crippen molar-refractivity contribution in [1.82, 2.24) is 0 Å². The summed E-state index contributed by atoms with van der Waals surface area (Å²) in [4.78, 5) is 15.7. The molecule has 0 unspecified atom stereocenters. The molecule has 0 bridgehead atoms. The van der Waals surface area contributed by atoms with Gasteiger partial charge in [0.15, 0.2) is 0 Å². The van der Waals surface area contributed by atoms with Gasteiger partial charge in [-0.3, -0.25) is 9.63 Å². The average molecular weight is 233 g/mol. The van der Waals surface area contributed by atoms with Gasteiger partial charge in [0.25, 0.3) is 0 Å². The second kappa shape index (κ2) is 4.52. The van der Waals surface area contributed by atoms with Crippen LogP contribution in [0.25, 0.3) is 0 Å². The first-order chi connectivity index (χ1) is 7.38. The number of carbonyl (C=O) groups excluding carboxylic acids is 1. The Morgan fingerprint density at radius 3 is 2.31 bits per heavy atom. The first kappa shape index (κ1) is 12.5. The summed E-state index contributed by atoms with van der Waals surface area (Å²) in [5.41, 5.74) is -1.22. The van der Waals surface area contributed by atoms with Gasteiger partial charge in [-0.25, -0.2) is 0 Å². The van der Waals surface area contributed by atoms with Crippen LogP contribution in [-0.4, -0.2) is 13.0 Å². The lowest BCUT2D eigenvalue weighted by atomic mass is 10.1. The van der Waals surface area contributed by atoms with Crippen LogP contribution in [0.1, 0.15) is 12.5 Å². The van der Waals surface area contributed by atoms with Crippen LogP contribution < -0.4 is 5.06 Å². The van der Waals surface area contributed by atoms with Gasteiger partial charge in [-0.1, -0.05) is 12.1 Å². The van der Waals surface area contributed by atoms with Crippen LogP contribution in [0.4, 0.5) is 18.9 Å². The highest BCUT2D eigenvalue weighted by Gasteiger charge is 2.35. The molecule has 0 saturated heterocycles. The molecule has 0 aliphatic rings. The first-order valence-electron chi connectivity index (χ1n) is 4.39. The fraction of sp³-hybridized carbons (Fsp3) is 0.300. The van der Waals surface area contributed by atoms with E-state index in [9.17, 15) is 18.0 Å². The van der Waals surface area contributed by atoms with E-state index in [-0.39, 0.29) is 5.69 Å². The number of para-hydroxylation sites is 1. The van der Waals surface area contributed by atoms with Gasteiger partial charge < -0.3 is 0 Å². The van der Waals surface area contributed by atoms with Crippen molar-refractivity contribution in [2.24, 2.45) is 0 Å². The summed E-state index contributed by atoms with van der Waals surface area (Å²) >= 11 is 0. The predicted octanol–water partition coefficient (Wildman–Crippen LogP) is 2.62. The van der Waals surface area contributed by atoms with Crippen LogP contribution in [0.2, 0.25) is 0 Å². The summed E-state index contributed by atoms with van der Waals surface area (Å²) in [7, 11) is 1.13. The summed E-state index contributed by atoms with van der Waals surface area (Å²) in [6.45, 7) is 1.12. The average Bonchev–Trinajstić information content (AvgIpc) is 2.17. The number of anilines is 1. The Kier molecular flexibility index (Phi) is 3.54. The smallest absolute Gasteiger partial charge is 0.273 e. The molecule has 1 rings (SSSR count). The van der Waals surface area contributed by atoms with Crippen LogP contribution in [0, 0.1) is 0 Å². The van der Waals surface area contributed by atoms with Gasteiger partial charge in [0.1, 0.15) is 0 Å². The highest BCUT2D eigenvalue weighted by molar-refractivity contribution is 5.90. The minimum atomic E-state index is -4.52. The quantitative estimate of drug-likeness (QED) is 0.735. The van der Waals surface area contributed by atoms with Crippen molar-refractivity contribution >= 4 is 11.6 Å². The highest BCUT2D eigenvalue weighted by Crippen LogP contribution is 2.36. The van der Waals surface area contributed by atoms with Gasteiger partial charge in [-0.15, -0.1) is 0 Å². The summed E-state index contributed by atoms with van der Waals surface area (Å²) in [5, 5.41) is 0.600. The van der Waals surface area contributed by atoms with Crippen LogP contribution in [0.3, 0.4) is 0 Å². The van der Waals surface area contributed by atoms with Crippen molar-refractivity contribution < 1.29 is 22.8 Å². The predicted molar refractivity (Wildman–Crippen MR) is 51.6 cm³/mol. The van der Waals surface area contributed by atoms with E-state index in [2.05, 4.69) is 4.84 Å². The molecule has 1 amide bonds. The number of rotatable bonds is 2. The molecule has 88 valence electrons. The molecular formula is C10H10F3NO2. The molecule has 6 heteroatoms. The maximum absolute atomic E-state index is 12.6. The van der Waals surface area contributed by atoms with Crippen molar-refractivity contribution in [3.05, 3.63) is 29.8 Å². The van der Waals surface area contributed by atoms with Crippen molar-refractivity contribution in [2.45, 2.75) is 13.1 Å². The maximum Gasteiger partial charge on any atom is 0.418 e. The third kappa shape index (κ3) is 2.52. The Morgan fingerprint density at radius 2 is 1.88 bits per heavy atom. The Balaban J connectivity index is 3.27. The largest absolute Gasteiger partial charge is 0.418 e. The monoisotopic (exact) mass is 233 g/mol. The van der Waals surface area contributed by atoms with E-state index in [4.69, 9.17) is 0 Å². The molecule has 0 N–H and O–H groups in total. The first-order valence-corrected chi connectivity index (χ1v) is 4.39. The number of hydrogen-bond donors (Lipinski definition) is 0. The molecule has 1 aromatic rings. The van der Waals surface area contributed by atoms with Crippen LogP contribution in [0.15, 0.2) is 24.3 Å². The number of nitrogens with zero attached hydrogens (tertiary/aromatic N) is 1. The molecule has 0 aromatic heterocycles. The standard InChI is InChI=1S/C10H10F3NO2/c1-7(15)14(16-2)9-6-4-3-5-8(9)10(11,12)13/h3-6H,1-2H3. The van der Waals surface area contributed by atoms with Crippen LogP contribution in [0.5, 0.6) is 0 Å². The van der Waals surface area contributed by atoms with Crippen LogP contribution >= 0.6 is 0 Å². The normalized spacial score (nSPS) is 11.3. The second-order valence-electron chi connectivity index (χ2n) is 3.01. The molecule has 0 radical (unpaired) electrons. The third-order valence-corrected chi connectivity index (χ3v) is 1.90. The third-order valence-electron chi connectivity index (χ3n) is 1.90. The lowest BCUT2D eigenvalue weighted by Gasteiger charge is -2.21. The summed E-state index contributed by atoms with van der Waals surface area (Å²) in [6.07, 6.45) is -4.52. The van der Waals surface area contributed by atoms with E-state index in [0.29, 0.717) is 5.06 Å². The SMILES string of the molecule is CON(C(C)=O)c1ccccc1C(F)(F)F. The van der Waals surface area contributed by atoms with Crippen molar-refractivity contribution in [3.8, 4) is 0 Å². The zero-order valence-corrected chi connectivity index (χ0v) is 8.71. The zero-order chi connectivity index (χ0) is 12.3. The lowest BCUT2D eigenvalue weighted by Crippen LogP contribution is -2.29. The Bertz CT molecular complexity index is 390. The molecule has 0 heterocycles. The molecule has 1 aromatic carbocycles. The fourth-order valence-electron chi connectivity index (χ4n) is 1.29. The van der Waals surface area contributed by atoms with Gasteiger partial charge in [-0.2, -0.15) is 18.2 Å². The van der Waals surface area contributed by atoms with Gasteiger partial charge in [-0.05, 0) is 12.1 Å². The molecule has 0 aliphatic carbocycles. The Labute approximate surface area is 90.4 Å². The number of amides is 1. The summed E-state index contributed by atoms with van der Waals surface area (Å²) in [6, 6.07) is 4.72. The van der Waals surface area contributed by atoms with Crippen molar-refractivity contribution in [2.75, 3.05) is 12.2 Å². The van der Waals surface area contributed by atoms with Crippen molar-refractivity contribution in [3.63, 3.8) is 0 Å². The molecule has 0 spiro atoms. The molecular weight excluding hydrogens is 223 g/mol. The topological polar surface area (TPSA) is 29.5 Å². The zero-order valence-electron chi connectivity index (χ0n) is 8.71. The fourth-order valence-corrected chi connectivity index (χ4v) is 1.29. The minimum Gasteiger partial charge on any atom is -0.273 e. The number of hydrogen-bond acceptors (Lipinski definition) is 2. The lowest BCUT2D eigenvalue weighted by molar-refractivity contribution is -0.138. The number of carbonyl (C=O) groups is 1. The molecule has 0 saturated carbocycles. The van der Waals surface area contributed by atoms with E-state index in [1.54, 1.807) is 0 Å². The van der Waals surface area contributed by atoms with Gasteiger partial charge in [0.2, 0.25) is 5.91 Å². The number of benzene rings is 1. The van der Waals surface area contributed by atoms with E-state index < -0.39 is 17.6 Å². The number of halogens is 3. The van der Waals surface area contributed by atoms with Gasteiger partial charge >= 0.3 is 6.18 Å². The maximum atomic E-state index is 12.6. The molecule has 0 atom stereocenters. The number of alkyl halides is 3. The van der Waals surface area contributed by atoms with Gasteiger partial charge in [0, 0.05) is 6.92 Å². The molecule has 0 aliphatic heterocycles. The van der Waals surface area contributed by atoms with Gasteiger partial charge in [0.05, 0.1) is 18.4 Å². The Hall–Kier alpha value is -1.56. The summed E-state index contributed by atoms with van der Waals surface area (Å²) < 4.78 is 37.8. The second-order valence-corrected chi connectivity index (χ2v) is 3.01. The molecule has 3 nitrogen and oxygen atoms in total. The molecule has 0 fully saturated rings. The van der Waals surface area contributed by atoms with E-state index in [1.165, 1.54) is 18.2 Å². The van der Waals surface area contributed by atoms with E-state index in [1.807, 2.05) is 0 Å². The Morgan fingerprint density at radius 1 is 1.31 bits per heavy atom.